The first-order chi connectivity index (χ1) is 9.86. The molecule has 0 fully saturated rings. The first kappa shape index (κ1) is 17.8. The van der Waals surface area contributed by atoms with E-state index in [1.807, 2.05) is 6.92 Å². The zero-order valence-electron chi connectivity index (χ0n) is 11.6. The molecule has 1 aromatic rings. The predicted molar refractivity (Wildman–Crippen MR) is 77.0 cm³/mol. The van der Waals surface area contributed by atoms with E-state index < -0.39 is 17.8 Å². The van der Waals surface area contributed by atoms with Crippen molar-refractivity contribution in [3.05, 3.63) is 35.4 Å². The summed E-state index contributed by atoms with van der Waals surface area (Å²) in [5, 5.41) is 12.3. The predicted octanol–water partition coefficient (Wildman–Crippen LogP) is 3.00. The van der Waals surface area contributed by atoms with Crippen molar-refractivity contribution in [1.29, 1.82) is 0 Å². The third-order valence-corrected chi connectivity index (χ3v) is 3.70. The van der Waals surface area contributed by atoms with Crippen LogP contribution >= 0.6 is 11.8 Å². The number of halogens is 3. The minimum atomic E-state index is -4.53. The van der Waals surface area contributed by atoms with Crippen molar-refractivity contribution in [3.63, 3.8) is 0 Å². The Bertz CT molecular complexity index is 466. The number of carbonyl (C=O) groups excluding carboxylic acids is 1. The molecule has 0 bridgehead atoms. The van der Waals surface area contributed by atoms with Crippen LogP contribution in [0.1, 0.15) is 30.6 Å². The summed E-state index contributed by atoms with van der Waals surface area (Å²) in [6, 6.07) is 4.82. The highest BCUT2D eigenvalue weighted by Gasteiger charge is 2.34. The van der Waals surface area contributed by atoms with E-state index in [1.165, 1.54) is 18.2 Å². The van der Waals surface area contributed by atoms with Crippen molar-refractivity contribution in [2.45, 2.75) is 25.6 Å². The normalized spacial score (nSPS) is 13.0. The molecule has 0 aliphatic carbocycles. The quantitative estimate of drug-likeness (QED) is 0.759. The fourth-order valence-electron chi connectivity index (χ4n) is 1.76. The average molecular weight is 321 g/mol. The molecule has 0 spiro atoms. The Morgan fingerprint density at radius 2 is 2.05 bits per heavy atom. The number of aliphatic hydroxyl groups excluding tert-OH is 1. The van der Waals surface area contributed by atoms with Gasteiger partial charge in [-0.1, -0.05) is 25.1 Å². The molecular formula is C14H18F3NO2S. The van der Waals surface area contributed by atoms with Crippen molar-refractivity contribution < 1.29 is 23.1 Å². The molecule has 0 heterocycles. The molecule has 0 saturated carbocycles. The number of rotatable bonds is 7. The number of hydrogen-bond donors (Lipinski definition) is 2. The minimum Gasteiger partial charge on any atom is -0.387 e. The zero-order valence-corrected chi connectivity index (χ0v) is 12.4. The van der Waals surface area contributed by atoms with Gasteiger partial charge in [0, 0.05) is 18.7 Å². The summed E-state index contributed by atoms with van der Waals surface area (Å²) in [5.74, 6) is 1.27. The fourth-order valence-corrected chi connectivity index (χ4v) is 2.38. The van der Waals surface area contributed by atoms with Gasteiger partial charge in [0.05, 0.1) is 11.7 Å². The number of nitrogens with one attached hydrogen (secondary N) is 1. The number of carbonyl (C=O) groups is 1. The van der Waals surface area contributed by atoms with Crippen LogP contribution in [0.4, 0.5) is 13.2 Å². The van der Waals surface area contributed by atoms with Gasteiger partial charge in [-0.25, -0.2) is 0 Å². The van der Waals surface area contributed by atoms with E-state index in [0.29, 0.717) is 5.75 Å². The van der Waals surface area contributed by atoms with Crippen LogP contribution in [0.5, 0.6) is 0 Å². The molecule has 1 atom stereocenters. The highest BCUT2D eigenvalue weighted by atomic mass is 32.2. The molecule has 1 amide bonds. The van der Waals surface area contributed by atoms with Gasteiger partial charge >= 0.3 is 6.18 Å². The highest BCUT2D eigenvalue weighted by molar-refractivity contribution is 7.99. The Labute approximate surface area is 125 Å². The maximum absolute atomic E-state index is 12.8. The lowest BCUT2D eigenvalue weighted by Crippen LogP contribution is -2.29. The van der Waals surface area contributed by atoms with Crippen LogP contribution in [-0.2, 0) is 11.0 Å². The van der Waals surface area contributed by atoms with E-state index >= 15 is 0 Å². The molecule has 1 rings (SSSR count). The van der Waals surface area contributed by atoms with Crippen LogP contribution in [0.15, 0.2) is 24.3 Å². The van der Waals surface area contributed by atoms with Gasteiger partial charge in [0.2, 0.25) is 5.91 Å². The summed E-state index contributed by atoms with van der Waals surface area (Å²) >= 11 is 1.60. The Morgan fingerprint density at radius 3 is 2.67 bits per heavy atom. The Morgan fingerprint density at radius 1 is 1.38 bits per heavy atom. The van der Waals surface area contributed by atoms with Gasteiger partial charge in [-0.2, -0.15) is 24.9 Å². The molecule has 0 saturated heterocycles. The first-order valence-corrected chi connectivity index (χ1v) is 7.70. The largest absolute Gasteiger partial charge is 0.416 e. The minimum absolute atomic E-state index is 0.228. The van der Waals surface area contributed by atoms with Crippen LogP contribution in [0.3, 0.4) is 0 Å². The molecule has 0 radical (unpaired) electrons. The average Bonchev–Trinajstić information content (AvgIpc) is 2.44. The maximum Gasteiger partial charge on any atom is 0.416 e. The lowest BCUT2D eigenvalue weighted by molar-refractivity contribution is -0.139. The third kappa shape index (κ3) is 5.97. The van der Waals surface area contributed by atoms with Gasteiger partial charge in [-0.05, 0) is 17.4 Å². The van der Waals surface area contributed by atoms with Crippen molar-refractivity contribution in [2.75, 3.05) is 18.1 Å². The second-order valence-corrected chi connectivity index (χ2v) is 5.75. The molecule has 21 heavy (non-hydrogen) atoms. The fraction of sp³-hybridized carbons (Fsp3) is 0.500. The molecule has 1 aromatic carbocycles. The van der Waals surface area contributed by atoms with Crippen molar-refractivity contribution in [2.24, 2.45) is 0 Å². The van der Waals surface area contributed by atoms with E-state index in [9.17, 15) is 23.1 Å². The van der Waals surface area contributed by atoms with Crippen molar-refractivity contribution in [1.82, 2.24) is 5.32 Å². The lowest BCUT2D eigenvalue weighted by Gasteiger charge is -2.17. The summed E-state index contributed by atoms with van der Waals surface area (Å²) in [7, 11) is 0. The number of benzene rings is 1. The standard InChI is InChI=1S/C14H18F3NO2S/c1-2-21-8-7-13(20)18-9-12(19)10-5-3-4-6-11(10)14(15,16)17/h3-6,12,19H,2,7-9H2,1H3,(H,18,20). The highest BCUT2D eigenvalue weighted by Crippen LogP contribution is 2.34. The van der Waals surface area contributed by atoms with Gasteiger partial charge in [-0.15, -0.1) is 0 Å². The second-order valence-electron chi connectivity index (χ2n) is 4.35. The van der Waals surface area contributed by atoms with Crippen LogP contribution < -0.4 is 5.32 Å². The first-order valence-electron chi connectivity index (χ1n) is 6.55. The molecule has 0 aliphatic heterocycles. The Balaban J connectivity index is 2.60. The van der Waals surface area contributed by atoms with Crippen molar-refractivity contribution >= 4 is 17.7 Å². The zero-order chi connectivity index (χ0) is 15.9. The number of thioether (sulfide) groups is 1. The van der Waals surface area contributed by atoms with Gasteiger partial charge in [-0.3, -0.25) is 4.79 Å². The van der Waals surface area contributed by atoms with E-state index in [0.717, 1.165) is 11.8 Å². The molecular weight excluding hydrogens is 303 g/mol. The smallest absolute Gasteiger partial charge is 0.387 e. The number of amides is 1. The lowest BCUT2D eigenvalue weighted by atomic mass is 10.0. The van der Waals surface area contributed by atoms with Gasteiger partial charge < -0.3 is 10.4 Å². The number of aliphatic hydroxyl groups is 1. The number of alkyl halides is 3. The Kier molecular flexibility index (Phi) is 7.04. The van der Waals surface area contributed by atoms with E-state index in [-0.39, 0.29) is 24.4 Å². The van der Waals surface area contributed by atoms with Crippen LogP contribution in [0.25, 0.3) is 0 Å². The van der Waals surface area contributed by atoms with Crippen LogP contribution in [0, 0.1) is 0 Å². The second kappa shape index (κ2) is 8.29. The topological polar surface area (TPSA) is 49.3 Å². The van der Waals surface area contributed by atoms with Crippen LogP contribution in [-0.4, -0.2) is 29.1 Å². The molecule has 2 N–H and O–H groups in total. The summed E-state index contributed by atoms with van der Waals surface area (Å²) in [5.41, 5.74) is -1.11. The van der Waals surface area contributed by atoms with E-state index in [1.54, 1.807) is 11.8 Å². The monoisotopic (exact) mass is 321 g/mol. The molecule has 118 valence electrons. The van der Waals surface area contributed by atoms with Gasteiger partial charge in [0.1, 0.15) is 0 Å². The summed E-state index contributed by atoms with van der Waals surface area (Å²) in [6.07, 6.45) is -5.63. The molecule has 0 aliphatic rings. The van der Waals surface area contributed by atoms with Crippen LogP contribution in [0.2, 0.25) is 0 Å². The Hall–Kier alpha value is -1.21. The van der Waals surface area contributed by atoms with Crippen molar-refractivity contribution in [3.8, 4) is 0 Å². The SMILES string of the molecule is CCSCCC(=O)NCC(O)c1ccccc1C(F)(F)F. The number of hydrogen-bond acceptors (Lipinski definition) is 3. The van der Waals surface area contributed by atoms with E-state index in [2.05, 4.69) is 5.32 Å². The maximum atomic E-state index is 12.8. The molecule has 7 heteroatoms. The van der Waals surface area contributed by atoms with Gasteiger partial charge in [0.25, 0.3) is 0 Å². The summed E-state index contributed by atoms with van der Waals surface area (Å²) in [4.78, 5) is 11.5. The van der Waals surface area contributed by atoms with E-state index in [4.69, 9.17) is 0 Å². The molecule has 0 aromatic heterocycles. The summed E-state index contributed by atoms with van der Waals surface area (Å²) < 4.78 is 38.4. The molecule has 1 unspecified atom stereocenters. The third-order valence-electron chi connectivity index (χ3n) is 2.80. The summed E-state index contributed by atoms with van der Waals surface area (Å²) in [6.45, 7) is 1.74. The molecule has 3 nitrogen and oxygen atoms in total. The van der Waals surface area contributed by atoms with Gasteiger partial charge in [0.15, 0.2) is 0 Å².